The standard InChI is InChI=1S/C20H30F2N4O2/c1-13(2)8-20(21,22)9-14(16(27)25-19(11-23)5-6-19)15-10-18(15)4-3-7-26(12-18)17(24)28/h13-15H,3-10,12H2,1-2H3,(H2,24,28)(H,25,27)/t14-,15?,18?/m0/s1. The smallest absolute Gasteiger partial charge is 0.314 e. The Morgan fingerprint density at radius 3 is 2.54 bits per heavy atom. The monoisotopic (exact) mass is 396 g/mol. The fraction of sp³-hybridized carbons (Fsp3) is 0.850. The summed E-state index contributed by atoms with van der Waals surface area (Å²) in [7, 11) is 0. The fourth-order valence-corrected chi connectivity index (χ4v) is 4.90. The van der Waals surface area contributed by atoms with E-state index in [9.17, 15) is 23.6 Å². The molecule has 3 rings (SSSR count). The van der Waals surface area contributed by atoms with E-state index in [-0.39, 0.29) is 23.7 Å². The van der Waals surface area contributed by atoms with Crippen LogP contribution in [0.2, 0.25) is 0 Å². The van der Waals surface area contributed by atoms with Crippen LogP contribution in [0.15, 0.2) is 0 Å². The summed E-state index contributed by atoms with van der Waals surface area (Å²) in [5.41, 5.74) is 4.24. The van der Waals surface area contributed by atoms with Crippen LogP contribution in [0, 0.1) is 34.5 Å². The van der Waals surface area contributed by atoms with Gasteiger partial charge in [-0.25, -0.2) is 13.6 Å². The summed E-state index contributed by atoms with van der Waals surface area (Å²) in [5.74, 6) is -4.63. The van der Waals surface area contributed by atoms with Crippen molar-refractivity contribution in [3.63, 3.8) is 0 Å². The molecular formula is C20H30F2N4O2. The van der Waals surface area contributed by atoms with Gasteiger partial charge in [0.2, 0.25) is 11.8 Å². The molecule has 1 spiro atoms. The van der Waals surface area contributed by atoms with Gasteiger partial charge in [0.15, 0.2) is 0 Å². The molecule has 1 saturated heterocycles. The Balaban J connectivity index is 1.76. The first-order valence-corrected chi connectivity index (χ1v) is 10.2. The van der Waals surface area contributed by atoms with E-state index < -0.39 is 35.7 Å². The van der Waals surface area contributed by atoms with Gasteiger partial charge in [-0.2, -0.15) is 5.26 Å². The Morgan fingerprint density at radius 2 is 2.00 bits per heavy atom. The zero-order chi connectivity index (χ0) is 20.7. The van der Waals surface area contributed by atoms with Crippen molar-refractivity contribution in [1.82, 2.24) is 10.2 Å². The predicted octanol–water partition coefficient (Wildman–Crippen LogP) is 3.03. The Morgan fingerprint density at radius 1 is 1.32 bits per heavy atom. The van der Waals surface area contributed by atoms with Crippen LogP contribution in [-0.4, -0.2) is 41.4 Å². The predicted molar refractivity (Wildman–Crippen MR) is 99.2 cm³/mol. The molecule has 3 atom stereocenters. The molecule has 3 fully saturated rings. The van der Waals surface area contributed by atoms with Crippen molar-refractivity contribution in [3.8, 4) is 6.07 Å². The number of amides is 3. The van der Waals surface area contributed by atoms with Crippen molar-refractivity contribution < 1.29 is 18.4 Å². The number of carbonyl (C=O) groups is 2. The van der Waals surface area contributed by atoms with Crippen LogP contribution in [0.25, 0.3) is 0 Å². The SMILES string of the molecule is CC(C)CC(F)(F)C[C@H](C(=O)NC1(C#N)CC1)C1CC12CCCN(C(N)=O)C2. The van der Waals surface area contributed by atoms with Crippen molar-refractivity contribution >= 4 is 11.9 Å². The van der Waals surface area contributed by atoms with Crippen LogP contribution >= 0.6 is 0 Å². The molecule has 3 N–H and O–H groups in total. The first kappa shape index (κ1) is 20.8. The van der Waals surface area contributed by atoms with Crippen LogP contribution in [0.4, 0.5) is 13.6 Å². The van der Waals surface area contributed by atoms with E-state index >= 15 is 0 Å². The van der Waals surface area contributed by atoms with Crippen molar-refractivity contribution in [2.75, 3.05) is 13.1 Å². The lowest BCUT2D eigenvalue weighted by molar-refractivity contribution is -0.131. The number of halogens is 2. The Hall–Kier alpha value is -1.91. The molecule has 1 aliphatic heterocycles. The minimum absolute atomic E-state index is 0.180. The molecule has 0 bridgehead atoms. The number of alkyl halides is 2. The highest BCUT2D eigenvalue weighted by Gasteiger charge is 2.62. The molecule has 1 heterocycles. The molecule has 2 saturated carbocycles. The van der Waals surface area contributed by atoms with Crippen LogP contribution in [0.5, 0.6) is 0 Å². The van der Waals surface area contributed by atoms with Crippen LogP contribution < -0.4 is 11.1 Å². The summed E-state index contributed by atoms with van der Waals surface area (Å²) >= 11 is 0. The van der Waals surface area contributed by atoms with E-state index in [1.165, 1.54) is 0 Å². The lowest BCUT2D eigenvalue weighted by Gasteiger charge is -2.34. The molecule has 2 unspecified atom stereocenters. The maximum atomic E-state index is 14.6. The first-order chi connectivity index (χ1) is 13.0. The maximum absolute atomic E-state index is 14.6. The largest absolute Gasteiger partial charge is 0.351 e. The Bertz CT molecular complexity index is 686. The molecule has 0 radical (unpaired) electrons. The van der Waals surface area contributed by atoms with E-state index in [4.69, 9.17) is 5.73 Å². The number of piperidine rings is 1. The number of urea groups is 1. The van der Waals surface area contributed by atoms with Gasteiger partial charge < -0.3 is 16.0 Å². The number of hydrogen-bond acceptors (Lipinski definition) is 3. The van der Waals surface area contributed by atoms with E-state index in [1.54, 1.807) is 18.7 Å². The lowest BCUT2D eigenvalue weighted by atomic mass is 9.83. The first-order valence-electron chi connectivity index (χ1n) is 10.2. The Kier molecular flexibility index (Phi) is 5.32. The zero-order valence-electron chi connectivity index (χ0n) is 16.6. The van der Waals surface area contributed by atoms with Gasteiger partial charge >= 0.3 is 6.03 Å². The second-order valence-corrected chi connectivity index (χ2v) is 9.48. The molecule has 6 nitrogen and oxygen atoms in total. The molecular weight excluding hydrogens is 366 g/mol. The Labute approximate surface area is 164 Å². The topological polar surface area (TPSA) is 99.2 Å². The third kappa shape index (κ3) is 4.39. The van der Waals surface area contributed by atoms with Gasteiger partial charge in [-0.05, 0) is 49.4 Å². The molecule has 0 aromatic carbocycles. The molecule has 3 aliphatic rings. The number of primary amides is 1. The number of hydrogen-bond donors (Lipinski definition) is 2. The van der Waals surface area contributed by atoms with Crippen LogP contribution in [-0.2, 0) is 4.79 Å². The van der Waals surface area contributed by atoms with Crippen LogP contribution in [0.3, 0.4) is 0 Å². The highest BCUT2D eigenvalue weighted by Crippen LogP contribution is 2.62. The summed E-state index contributed by atoms with van der Waals surface area (Å²) < 4.78 is 29.3. The van der Waals surface area contributed by atoms with E-state index in [0.717, 1.165) is 12.8 Å². The zero-order valence-corrected chi connectivity index (χ0v) is 16.6. The van der Waals surface area contributed by atoms with Crippen molar-refractivity contribution in [2.24, 2.45) is 28.9 Å². The minimum Gasteiger partial charge on any atom is -0.351 e. The van der Waals surface area contributed by atoms with Crippen molar-refractivity contribution in [2.45, 2.75) is 70.3 Å². The van der Waals surface area contributed by atoms with Gasteiger partial charge in [0.1, 0.15) is 5.54 Å². The molecule has 0 aromatic heterocycles. The number of nitrogens with two attached hydrogens (primary N) is 1. The second-order valence-electron chi connectivity index (χ2n) is 9.48. The summed E-state index contributed by atoms with van der Waals surface area (Å²) in [5, 5.41) is 12.0. The summed E-state index contributed by atoms with van der Waals surface area (Å²) in [6, 6.07) is 1.59. The van der Waals surface area contributed by atoms with Gasteiger partial charge in [-0.15, -0.1) is 0 Å². The quantitative estimate of drug-likeness (QED) is 0.692. The van der Waals surface area contributed by atoms with E-state index in [0.29, 0.717) is 32.4 Å². The van der Waals surface area contributed by atoms with Crippen LogP contribution in [0.1, 0.15) is 58.8 Å². The third-order valence-electron chi connectivity index (χ3n) is 6.55. The molecule has 156 valence electrons. The normalized spacial score (nSPS) is 29.3. The maximum Gasteiger partial charge on any atom is 0.314 e. The molecule has 3 amide bonds. The van der Waals surface area contributed by atoms with Crippen molar-refractivity contribution in [3.05, 3.63) is 0 Å². The van der Waals surface area contributed by atoms with Gasteiger partial charge in [-0.1, -0.05) is 13.8 Å². The molecule has 0 aromatic rings. The minimum atomic E-state index is -2.94. The summed E-state index contributed by atoms with van der Waals surface area (Å²) in [4.78, 5) is 26.1. The molecule has 8 heteroatoms. The highest BCUT2D eigenvalue weighted by atomic mass is 19.3. The lowest BCUT2D eigenvalue weighted by Crippen LogP contribution is -2.46. The summed E-state index contributed by atoms with van der Waals surface area (Å²) in [6.07, 6.45) is 2.56. The number of nitriles is 1. The van der Waals surface area contributed by atoms with Gasteiger partial charge in [0.05, 0.1) is 6.07 Å². The number of nitrogens with zero attached hydrogens (tertiary/aromatic N) is 2. The van der Waals surface area contributed by atoms with Crippen molar-refractivity contribution in [1.29, 1.82) is 5.26 Å². The van der Waals surface area contributed by atoms with E-state index in [2.05, 4.69) is 11.4 Å². The number of rotatable bonds is 7. The second kappa shape index (κ2) is 7.16. The van der Waals surface area contributed by atoms with Gasteiger partial charge in [0, 0.05) is 31.8 Å². The number of likely N-dealkylation sites (tertiary alicyclic amines) is 1. The van der Waals surface area contributed by atoms with Gasteiger partial charge in [-0.3, -0.25) is 4.79 Å². The number of nitrogens with one attached hydrogen (secondary N) is 1. The van der Waals surface area contributed by atoms with Gasteiger partial charge in [0.25, 0.3) is 0 Å². The summed E-state index contributed by atoms with van der Waals surface area (Å²) in [6.45, 7) is 4.47. The molecule has 28 heavy (non-hydrogen) atoms. The fourth-order valence-electron chi connectivity index (χ4n) is 4.90. The average Bonchev–Trinajstić information content (AvgIpc) is 3.50. The van der Waals surface area contributed by atoms with E-state index in [1.807, 2.05) is 0 Å². The third-order valence-corrected chi connectivity index (χ3v) is 6.55. The average molecular weight is 396 g/mol. The number of carbonyl (C=O) groups excluding carboxylic acids is 2. The highest BCUT2D eigenvalue weighted by molar-refractivity contribution is 5.81. The molecule has 2 aliphatic carbocycles.